The van der Waals surface area contributed by atoms with E-state index in [0.717, 1.165) is 38.5 Å². The van der Waals surface area contributed by atoms with Crippen LogP contribution in [0.5, 0.6) is 0 Å². The molecule has 3 nitrogen and oxygen atoms in total. The van der Waals surface area contributed by atoms with Crippen LogP contribution < -0.4 is 0 Å². The lowest BCUT2D eigenvalue weighted by Gasteiger charge is -2.16. The number of hydrogen-bond donors (Lipinski definition) is 1. The van der Waals surface area contributed by atoms with Gasteiger partial charge in [-0.2, -0.15) is 0 Å². The molecule has 1 saturated carbocycles. The highest BCUT2D eigenvalue weighted by atomic mass is 16.6. The van der Waals surface area contributed by atoms with E-state index in [-0.39, 0.29) is 18.2 Å². The number of hydrogen-bond acceptors (Lipinski definition) is 3. The molecule has 0 saturated heterocycles. The molecule has 1 aliphatic carbocycles. The zero-order valence-electron chi connectivity index (χ0n) is 9.42. The van der Waals surface area contributed by atoms with E-state index in [4.69, 9.17) is 9.84 Å². The van der Waals surface area contributed by atoms with Crippen LogP contribution in [-0.4, -0.2) is 23.3 Å². The van der Waals surface area contributed by atoms with E-state index < -0.39 is 0 Å². The predicted molar refractivity (Wildman–Crippen MR) is 58.4 cm³/mol. The van der Waals surface area contributed by atoms with Crippen LogP contribution in [0.4, 0.5) is 0 Å². The van der Waals surface area contributed by atoms with Gasteiger partial charge in [-0.25, -0.2) is 4.79 Å². The average molecular weight is 212 g/mol. The largest absolute Gasteiger partial charge is 0.456 e. The van der Waals surface area contributed by atoms with Crippen molar-refractivity contribution in [3.63, 3.8) is 0 Å². The van der Waals surface area contributed by atoms with Crippen LogP contribution >= 0.6 is 0 Å². The van der Waals surface area contributed by atoms with Gasteiger partial charge in [-0.15, -0.1) is 0 Å². The first kappa shape index (κ1) is 12.2. The van der Waals surface area contributed by atoms with E-state index >= 15 is 0 Å². The third-order valence-electron chi connectivity index (χ3n) is 2.76. The molecule has 1 fully saturated rings. The van der Waals surface area contributed by atoms with Crippen LogP contribution in [0.2, 0.25) is 0 Å². The summed E-state index contributed by atoms with van der Waals surface area (Å²) in [6.45, 7) is 5.49. The molecule has 3 heteroatoms. The summed E-state index contributed by atoms with van der Waals surface area (Å²) in [5.74, 6) is -0.269. The topological polar surface area (TPSA) is 46.5 Å². The minimum Gasteiger partial charge on any atom is -0.456 e. The predicted octanol–water partition coefficient (Wildman–Crippen LogP) is 2.19. The molecule has 0 amide bonds. The molecule has 1 aliphatic rings. The maximum Gasteiger partial charge on any atom is 0.333 e. The number of carbonyl (C=O) groups is 1. The lowest BCUT2D eigenvalue weighted by atomic mass is 10.1. The van der Waals surface area contributed by atoms with E-state index in [0.29, 0.717) is 5.57 Å². The second kappa shape index (κ2) is 5.31. The monoisotopic (exact) mass is 212 g/mol. The third kappa shape index (κ3) is 4.04. The zero-order valence-corrected chi connectivity index (χ0v) is 9.42. The molecule has 0 heterocycles. The van der Waals surface area contributed by atoms with Crippen molar-refractivity contribution in [1.29, 1.82) is 0 Å². The van der Waals surface area contributed by atoms with Crippen LogP contribution in [0.15, 0.2) is 12.2 Å². The molecule has 0 radical (unpaired) electrons. The molecular weight excluding hydrogens is 192 g/mol. The Kier molecular flexibility index (Phi) is 4.33. The SMILES string of the molecule is C=C(C)C(=O)OC1(CCCCCO)CC1. The van der Waals surface area contributed by atoms with Gasteiger partial charge in [0, 0.05) is 12.2 Å². The highest BCUT2D eigenvalue weighted by Gasteiger charge is 2.45. The Hall–Kier alpha value is -0.830. The van der Waals surface area contributed by atoms with Gasteiger partial charge in [0.1, 0.15) is 5.60 Å². The molecule has 0 atom stereocenters. The van der Waals surface area contributed by atoms with Crippen molar-refractivity contribution < 1.29 is 14.6 Å². The van der Waals surface area contributed by atoms with Gasteiger partial charge < -0.3 is 9.84 Å². The molecule has 0 aliphatic heterocycles. The van der Waals surface area contributed by atoms with Gasteiger partial charge in [-0.3, -0.25) is 0 Å². The molecule has 0 aromatic rings. The molecule has 0 aromatic carbocycles. The Morgan fingerprint density at radius 3 is 2.53 bits per heavy atom. The lowest BCUT2D eigenvalue weighted by molar-refractivity contribution is -0.146. The summed E-state index contributed by atoms with van der Waals surface area (Å²) in [5, 5.41) is 8.63. The van der Waals surface area contributed by atoms with E-state index in [9.17, 15) is 4.79 Å². The Balaban J connectivity index is 2.22. The molecular formula is C12H20O3. The molecule has 1 rings (SSSR count). The van der Waals surface area contributed by atoms with Crippen molar-refractivity contribution in [3.05, 3.63) is 12.2 Å². The van der Waals surface area contributed by atoms with Gasteiger partial charge in [0.05, 0.1) is 0 Å². The van der Waals surface area contributed by atoms with E-state index in [1.54, 1.807) is 6.92 Å². The maximum absolute atomic E-state index is 11.3. The molecule has 1 N–H and O–H groups in total. The fourth-order valence-electron chi connectivity index (χ4n) is 1.56. The standard InChI is InChI=1S/C12H20O3/c1-10(2)11(14)15-12(7-8-12)6-4-3-5-9-13/h13H,1,3-9H2,2H3. The van der Waals surface area contributed by atoms with E-state index in [1.165, 1.54) is 0 Å². The van der Waals surface area contributed by atoms with Gasteiger partial charge in [0.25, 0.3) is 0 Å². The summed E-state index contributed by atoms with van der Waals surface area (Å²) in [6.07, 6.45) is 5.74. The summed E-state index contributed by atoms with van der Waals surface area (Å²) >= 11 is 0. The first-order valence-electron chi connectivity index (χ1n) is 5.59. The van der Waals surface area contributed by atoms with Crippen LogP contribution in [0.25, 0.3) is 0 Å². The summed E-state index contributed by atoms with van der Waals surface area (Å²) in [7, 11) is 0. The van der Waals surface area contributed by atoms with Gasteiger partial charge in [-0.05, 0) is 39.0 Å². The van der Waals surface area contributed by atoms with Crippen molar-refractivity contribution in [3.8, 4) is 0 Å². The quantitative estimate of drug-likeness (QED) is 0.400. The smallest absolute Gasteiger partial charge is 0.333 e. The summed E-state index contributed by atoms with van der Waals surface area (Å²) in [4.78, 5) is 11.3. The van der Waals surface area contributed by atoms with Gasteiger partial charge >= 0.3 is 5.97 Å². The number of aliphatic hydroxyl groups is 1. The number of unbranched alkanes of at least 4 members (excludes halogenated alkanes) is 2. The van der Waals surface area contributed by atoms with Crippen LogP contribution in [0.3, 0.4) is 0 Å². The lowest BCUT2D eigenvalue weighted by Crippen LogP contribution is -2.19. The summed E-state index contributed by atoms with van der Waals surface area (Å²) in [6, 6.07) is 0. The number of aliphatic hydroxyl groups excluding tert-OH is 1. The minimum atomic E-state index is -0.269. The summed E-state index contributed by atoms with van der Waals surface area (Å²) in [5.41, 5.74) is 0.280. The van der Waals surface area contributed by atoms with Crippen LogP contribution in [0.1, 0.15) is 45.4 Å². The third-order valence-corrected chi connectivity index (χ3v) is 2.76. The number of ether oxygens (including phenoxy) is 1. The average Bonchev–Trinajstić information content (AvgIpc) is 2.93. The molecule has 86 valence electrons. The van der Waals surface area contributed by atoms with Crippen LogP contribution in [0, 0.1) is 0 Å². The highest BCUT2D eigenvalue weighted by molar-refractivity contribution is 5.87. The molecule has 0 bridgehead atoms. The number of rotatable bonds is 7. The van der Waals surface area contributed by atoms with Gasteiger partial charge in [0.2, 0.25) is 0 Å². The molecule has 0 aromatic heterocycles. The Bertz CT molecular complexity index is 241. The number of esters is 1. The fourth-order valence-corrected chi connectivity index (χ4v) is 1.56. The Morgan fingerprint density at radius 2 is 2.07 bits per heavy atom. The second-order valence-electron chi connectivity index (χ2n) is 4.39. The first-order chi connectivity index (χ1) is 7.09. The first-order valence-corrected chi connectivity index (χ1v) is 5.59. The maximum atomic E-state index is 11.3. The second-order valence-corrected chi connectivity index (χ2v) is 4.39. The van der Waals surface area contributed by atoms with Crippen molar-refractivity contribution in [2.45, 2.75) is 51.0 Å². The molecule has 0 unspecified atom stereocenters. The van der Waals surface area contributed by atoms with Crippen molar-refractivity contribution in [1.82, 2.24) is 0 Å². The highest BCUT2D eigenvalue weighted by Crippen LogP contribution is 2.44. The molecule has 0 spiro atoms. The van der Waals surface area contributed by atoms with E-state index in [2.05, 4.69) is 6.58 Å². The fraction of sp³-hybridized carbons (Fsp3) is 0.750. The zero-order chi connectivity index (χ0) is 11.3. The van der Waals surface area contributed by atoms with Crippen molar-refractivity contribution in [2.75, 3.05) is 6.61 Å². The minimum absolute atomic E-state index is 0.189. The van der Waals surface area contributed by atoms with Crippen LogP contribution in [-0.2, 0) is 9.53 Å². The van der Waals surface area contributed by atoms with Crippen molar-refractivity contribution >= 4 is 5.97 Å². The van der Waals surface area contributed by atoms with Gasteiger partial charge in [-0.1, -0.05) is 13.0 Å². The van der Waals surface area contributed by atoms with Gasteiger partial charge in [0.15, 0.2) is 0 Å². The normalized spacial score (nSPS) is 17.2. The Labute approximate surface area is 91.1 Å². The number of carbonyl (C=O) groups excluding carboxylic acids is 1. The van der Waals surface area contributed by atoms with Crippen molar-refractivity contribution in [2.24, 2.45) is 0 Å². The summed E-state index contributed by atoms with van der Waals surface area (Å²) < 4.78 is 5.39. The molecule has 15 heavy (non-hydrogen) atoms. The Morgan fingerprint density at radius 1 is 1.40 bits per heavy atom. The van der Waals surface area contributed by atoms with E-state index in [1.807, 2.05) is 0 Å².